The molecular formula is C18H24N4O2. The number of nitrogens with one attached hydrogen (secondary N) is 2. The number of hydrogen-bond acceptors (Lipinski definition) is 4. The largest absolute Gasteiger partial charge is 0.494 e. The molecule has 1 saturated heterocycles. The summed E-state index contributed by atoms with van der Waals surface area (Å²) in [5.41, 5.74) is 2.35. The van der Waals surface area contributed by atoms with E-state index in [4.69, 9.17) is 4.74 Å². The minimum atomic E-state index is -0.133. The molecule has 3 rings (SSSR count). The van der Waals surface area contributed by atoms with Gasteiger partial charge in [-0.15, -0.1) is 0 Å². The summed E-state index contributed by atoms with van der Waals surface area (Å²) in [6, 6.07) is 7.61. The molecule has 2 N–H and O–H groups in total. The Hall–Kier alpha value is -2.34. The average Bonchev–Trinajstić information content (AvgIpc) is 3.10. The van der Waals surface area contributed by atoms with E-state index in [1.54, 1.807) is 24.1 Å². The summed E-state index contributed by atoms with van der Waals surface area (Å²) in [4.78, 5) is 12.3. The highest BCUT2D eigenvalue weighted by Gasteiger charge is 2.16. The van der Waals surface area contributed by atoms with Crippen LogP contribution >= 0.6 is 0 Å². The zero-order valence-corrected chi connectivity index (χ0v) is 14.2. The second kappa shape index (κ2) is 7.49. The molecule has 1 unspecified atom stereocenters. The van der Waals surface area contributed by atoms with Crippen LogP contribution in [0, 0.1) is 12.8 Å². The highest BCUT2D eigenvalue weighted by molar-refractivity contribution is 5.92. The van der Waals surface area contributed by atoms with Gasteiger partial charge in [-0.25, -0.2) is 4.68 Å². The summed E-state index contributed by atoms with van der Waals surface area (Å²) in [5, 5.41) is 10.7. The summed E-state index contributed by atoms with van der Waals surface area (Å²) in [5.74, 6) is 1.09. The zero-order chi connectivity index (χ0) is 16.9. The molecule has 1 fully saturated rings. The fourth-order valence-electron chi connectivity index (χ4n) is 2.98. The lowest BCUT2D eigenvalue weighted by Crippen LogP contribution is -2.38. The molecule has 1 aliphatic heterocycles. The van der Waals surface area contributed by atoms with Crippen LogP contribution in [0.4, 0.5) is 0 Å². The maximum atomic E-state index is 12.3. The molecule has 6 nitrogen and oxygen atoms in total. The van der Waals surface area contributed by atoms with Crippen LogP contribution in [0.3, 0.4) is 0 Å². The van der Waals surface area contributed by atoms with Crippen molar-refractivity contribution in [1.82, 2.24) is 20.4 Å². The lowest BCUT2D eigenvalue weighted by Gasteiger charge is -2.22. The Balaban J connectivity index is 1.68. The third kappa shape index (κ3) is 3.76. The number of nitrogens with zero attached hydrogens (tertiary/aromatic N) is 2. The Morgan fingerprint density at radius 2 is 2.33 bits per heavy atom. The van der Waals surface area contributed by atoms with Gasteiger partial charge in [0, 0.05) is 12.7 Å². The number of ether oxygens (including phenoxy) is 1. The molecule has 2 heterocycles. The summed E-state index contributed by atoms with van der Waals surface area (Å²) < 4.78 is 7.07. The Kier molecular flexibility index (Phi) is 5.15. The molecule has 128 valence electrons. The van der Waals surface area contributed by atoms with E-state index in [1.165, 1.54) is 6.42 Å². The van der Waals surface area contributed by atoms with Gasteiger partial charge in [-0.3, -0.25) is 4.79 Å². The van der Waals surface area contributed by atoms with E-state index in [0.29, 0.717) is 18.2 Å². The van der Waals surface area contributed by atoms with Gasteiger partial charge in [-0.1, -0.05) is 6.07 Å². The molecule has 24 heavy (non-hydrogen) atoms. The number of carbonyl (C=O) groups excluding carboxylic acids is 1. The Morgan fingerprint density at radius 1 is 1.46 bits per heavy atom. The Labute approximate surface area is 142 Å². The first-order valence-electron chi connectivity index (χ1n) is 8.37. The van der Waals surface area contributed by atoms with Gasteiger partial charge in [0.2, 0.25) is 0 Å². The standard InChI is InChI=1S/C18H24N4O2/c1-13-5-6-17(24-2)16(10-13)22-9-7-15(21-22)18(23)20-12-14-4-3-8-19-11-14/h5-7,9-10,14,19H,3-4,8,11-12H2,1-2H3,(H,20,23). The fourth-order valence-corrected chi connectivity index (χ4v) is 2.98. The van der Waals surface area contributed by atoms with Crippen molar-refractivity contribution in [3.63, 3.8) is 0 Å². The first-order valence-corrected chi connectivity index (χ1v) is 8.37. The van der Waals surface area contributed by atoms with Gasteiger partial charge >= 0.3 is 0 Å². The first-order chi connectivity index (χ1) is 11.7. The molecule has 1 aromatic heterocycles. The average molecular weight is 328 g/mol. The molecule has 2 aromatic rings. The van der Waals surface area contributed by atoms with E-state index in [2.05, 4.69) is 15.7 Å². The van der Waals surface area contributed by atoms with Crippen molar-refractivity contribution in [3.8, 4) is 11.4 Å². The lowest BCUT2D eigenvalue weighted by atomic mass is 10.00. The zero-order valence-electron chi connectivity index (χ0n) is 14.2. The topological polar surface area (TPSA) is 68.2 Å². The van der Waals surface area contributed by atoms with E-state index in [9.17, 15) is 4.79 Å². The fraction of sp³-hybridized carbons (Fsp3) is 0.444. The molecule has 0 saturated carbocycles. The summed E-state index contributed by atoms with van der Waals surface area (Å²) >= 11 is 0. The molecule has 6 heteroatoms. The summed E-state index contributed by atoms with van der Waals surface area (Å²) in [7, 11) is 1.63. The Morgan fingerprint density at radius 3 is 3.08 bits per heavy atom. The number of methoxy groups -OCH3 is 1. The normalized spacial score (nSPS) is 17.5. The van der Waals surface area contributed by atoms with Crippen molar-refractivity contribution in [2.45, 2.75) is 19.8 Å². The number of rotatable bonds is 5. The molecule has 1 aromatic carbocycles. The smallest absolute Gasteiger partial charge is 0.271 e. The van der Waals surface area contributed by atoms with Gasteiger partial charge in [0.15, 0.2) is 5.69 Å². The van der Waals surface area contributed by atoms with Crippen LogP contribution in [0.15, 0.2) is 30.5 Å². The van der Waals surface area contributed by atoms with Crippen molar-refractivity contribution in [1.29, 1.82) is 0 Å². The number of aryl methyl sites for hydroxylation is 1. The van der Waals surface area contributed by atoms with E-state index in [0.717, 1.165) is 36.5 Å². The van der Waals surface area contributed by atoms with Crippen molar-refractivity contribution in [3.05, 3.63) is 41.7 Å². The SMILES string of the molecule is COc1ccc(C)cc1-n1ccc(C(=O)NCC2CCCNC2)n1. The van der Waals surface area contributed by atoms with Crippen LogP contribution in [-0.2, 0) is 0 Å². The quantitative estimate of drug-likeness (QED) is 0.880. The predicted octanol–water partition coefficient (Wildman–Crippen LogP) is 1.92. The van der Waals surface area contributed by atoms with Crippen LogP contribution in [-0.4, -0.2) is 42.4 Å². The molecule has 0 spiro atoms. The highest BCUT2D eigenvalue weighted by atomic mass is 16.5. The number of piperidine rings is 1. The number of amides is 1. The third-order valence-corrected chi connectivity index (χ3v) is 4.35. The molecule has 0 aliphatic carbocycles. The third-order valence-electron chi connectivity index (χ3n) is 4.35. The number of aromatic nitrogens is 2. The van der Waals surface area contributed by atoms with E-state index in [-0.39, 0.29) is 5.91 Å². The molecule has 0 bridgehead atoms. The second-order valence-corrected chi connectivity index (χ2v) is 6.24. The molecular weight excluding hydrogens is 304 g/mol. The second-order valence-electron chi connectivity index (χ2n) is 6.24. The monoisotopic (exact) mass is 328 g/mol. The van der Waals surface area contributed by atoms with Crippen LogP contribution in [0.5, 0.6) is 5.75 Å². The van der Waals surface area contributed by atoms with E-state index >= 15 is 0 Å². The van der Waals surface area contributed by atoms with Gasteiger partial charge < -0.3 is 15.4 Å². The van der Waals surface area contributed by atoms with Crippen molar-refractivity contribution in [2.24, 2.45) is 5.92 Å². The maximum Gasteiger partial charge on any atom is 0.271 e. The lowest BCUT2D eigenvalue weighted by molar-refractivity contribution is 0.0939. The minimum Gasteiger partial charge on any atom is -0.494 e. The van der Waals surface area contributed by atoms with Gasteiger partial charge in [0.05, 0.1) is 7.11 Å². The van der Waals surface area contributed by atoms with Gasteiger partial charge in [0.1, 0.15) is 11.4 Å². The highest BCUT2D eigenvalue weighted by Crippen LogP contribution is 2.23. The van der Waals surface area contributed by atoms with Crippen LogP contribution < -0.4 is 15.4 Å². The van der Waals surface area contributed by atoms with Crippen LogP contribution in [0.25, 0.3) is 5.69 Å². The van der Waals surface area contributed by atoms with E-state index in [1.807, 2.05) is 25.1 Å². The van der Waals surface area contributed by atoms with Crippen molar-refractivity contribution < 1.29 is 9.53 Å². The maximum absolute atomic E-state index is 12.3. The molecule has 1 amide bonds. The summed E-state index contributed by atoms with van der Waals surface area (Å²) in [6.45, 7) is 4.74. The number of hydrogen-bond donors (Lipinski definition) is 2. The minimum absolute atomic E-state index is 0.133. The van der Waals surface area contributed by atoms with Crippen LogP contribution in [0.1, 0.15) is 28.9 Å². The summed E-state index contributed by atoms with van der Waals surface area (Å²) in [6.07, 6.45) is 4.11. The van der Waals surface area contributed by atoms with Gasteiger partial charge in [0.25, 0.3) is 5.91 Å². The predicted molar refractivity (Wildman–Crippen MR) is 92.8 cm³/mol. The van der Waals surface area contributed by atoms with Crippen molar-refractivity contribution in [2.75, 3.05) is 26.7 Å². The Bertz CT molecular complexity index is 705. The molecule has 0 radical (unpaired) electrons. The number of carbonyl (C=O) groups is 1. The van der Waals surface area contributed by atoms with E-state index < -0.39 is 0 Å². The van der Waals surface area contributed by atoms with Gasteiger partial charge in [-0.05, 0) is 62.5 Å². The number of benzene rings is 1. The van der Waals surface area contributed by atoms with Crippen molar-refractivity contribution >= 4 is 5.91 Å². The molecule has 1 aliphatic rings. The molecule has 1 atom stereocenters. The van der Waals surface area contributed by atoms with Crippen LogP contribution in [0.2, 0.25) is 0 Å². The first kappa shape index (κ1) is 16.5. The van der Waals surface area contributed by atoms with Gasteiger partial charge in [-0.2, -0.15) is 5.10 Å².